The summed E-state index contributed by atoms with van der Waals surface area (Å²) in [4.78, 5) is 14.4. The fourth-order valence-corrected chi connectivity index (χ4v) is 0.882. The molecular weight excluding hydrogens is 206 g/mol. The van der Waals surface area contributed by atoms with Crippen LogP contribution in [0, 0.1) is 0 Å². The van der Waals surface area contributed by atoms with Crippen molar-refractivity contribution in [2.45, 2.75) is 0 Å². The van der Waals surface area contributed by atoms with Crippen LogP contribution in [0.2, 0.25) is 0 Å². The highest BCUT2D eigenvalue weighted by Gasteiger charge is 2.10. The topological polar surface area (TPSA) is 59.4 Å². The van der Waals surface area contributed by atoms with Crippen molar-refractivity contribution in [1.82, 2.24) is 4.98 Å². The lowest BCUT2D eigenvalue weighted by atomic mass is 10.2. The van der Waals surface area contributed by atoms with Gasteiger partial charge in [-0.1, -0.05) is 18.2 Å². The summed E-state index contributed by atoms with van der Waals surface area (Å²) in [7, 11) is 0. The first-order chi connectivity index (χ1) is 6.61. The number of halogens is 1. The molecule has 5 heteroatoms. The van der Waals surface area contributed by atoms with Crippen molar-refractivity contribution >= 4 is 17.6 Å². The molecule has 0 saturated heterocycles. The zero-order valence-corrected chi connectivity index (χ0v) is 7.99. The standard InChI is InChI=1S/C9H8ClNO3/c1-6(10)5-14-8-4-11-3-2-7(8)9(12)13/h2-4H,1,5H2,(H,12,13). The normalized spacial score (nSPS) is 9.50. The number of carbonyl (C=O) groups is 1. The molecule has 0 bridgehead atoms. The number of ether oxygens (including phenoxy) is 1. The summed E-state index contributed by atoms with van der Waals surface area (Å²) in [5.41, 5.74) is 0.0536. The Hall–Kier alpha value is -1.55. The van der Waals surface area contributed by atoms with Crippen LogP contribution in [0.25, 0.3) is 0 Å². The lowest BCUT2D eigenvalue weighted by Crippen LogP contribution is -2.04. The largest absolute Gasteiger partial charge is 0.485 e. The minimum absolute atomic E-state index is 0.0536. The number of carboxylic acid groups (broad SMARTS) is 1. The van der Waals surface area contributed by atoms with Crippen LogP contribution in [0.1, 0.15) is 10.4 Å². The van der Waals surface area contributed by atoms with Crippen molar-refractivity contribution in [2.24, 2.45) is 0 Å². The van der Waals surface area contributed by atoms with E-state index >= 15 is 0 Å². The Morgan fingerprint density at radius 2 is 2.43 bits per heavy atom. The van der Waals surface area contributed by atoms with E-state index in [1.165, 1.54) is 18.5 Å². The van der Waals surface area contributed by atoms with Gasteiger partial charge in [0.2, 0.25) is 0 Å². The van der Waals surface area contributed by atoms with E-state index in [-0.39, 0.29) is 17.9 Å². The summed E-state index contributed by atoms with van der Waals surface area (Å²) in [5.74, 6) is -0.885. The molecule has 1 aromatic rings. The molecule has 0 aliphatic heterocycles. The van der Waals surface area contributed by atoms with Crippen LogP contribution in [0.5, 0.6) is 5.75 Å². The van der Waals surface area contributed by atoms with E-state index in [0.717, 1.165) is 0 Å². The van der Waals surface area contributed by atoms with E-state index in [4.69, 9.17) is 21.4 Å². The van der Waals surface area contributed by atoms with Gasteiger partial charge in [0.05, 0.1) is 6.20 Å². The van der Waals surface area contributed by atoms with Crippen molar-refractivity contribution in [3.8, 4) is 5.75 Å². The second kappa shape index (κ2) is 4.62. The maximum Gasteiger partial charge on any atom is 0.339 e. The van der Waals surface area contributed by atoms with Crippen molar-refractivity contribution < 1.29 is 14.6 Å². The SMILES string of the molecule is C=C(Cl)COc1cnccc1C(=O)O. The van der Waals surface area contributed by atoms with Crippen LogP contribution in [0.4, 0.5) is 0 Å². The van der Waals surface area contributed by atoms with Crippen LogP contribution >= 0.6 is 11.6 Å². The van der Waals surface area contributed by atoms with Gasteiger partial charge in [0.1, 0.15) is 12.2 Å². The molecule has 0 spiro atoms. The fourth-order valence-electron chi connectivity index (χ4n) is 0.828. The molecule has 1 N–H and O–H groups in total. The molecular formula is C9H8ClNO3. The summed E-state index contributed by atoms with van der Waals surface area (Å²) in [5, 5.41) is 9.06. The van der Waals surface area contributed by atoms with Crippen LogP contribution in [0.3, 0.4) is 0 Å². The maximum atomic E-state index is 10.7. The smallest absolute Gasteiger partial charge is 0.339 e. The van der Waals surface area contributed by atoms with Crippen molar-refractivity contribution in [2.75, 3.05) is 6.61 Å². The van der Waals surface area contributed by atoms with E-state index in [1.54, 1.807) is 0 Å². The van der Waals surface area contributed by atoms with E-state index in [2.05, 4.69) is 11.6 Å². The molecule has 0 aromatic carbocycles. The average Bonchev–Trinajstić information content (AvgIpc) is 2.15. The van der Waals surface area contributed by atoms with Gasteiger partial charge in [-0.2, -0.15) is 0 Å². The summed E-state index contributed by atoms with van der Waals surface area (Å²) in [6.45, 7) is 3.48. The van der Waals surface area contributed by atoms with E-state index < -0.39 is 5.97 Å². The zero-order chi connectivity index (χ0) is 10.6. The van der Waals surface area contributed by atoms with Gasteiger partial charge in [0.25, 0.3) is 0 Å². The van der Waals surface area contributed by atoms with E-state index in [0.29, 0.717) is 5.03 Å². The number of aromatic carboxylic acids is 1. The molecule has 74 valence electrons. The first-order valence-corrected chi connectivity index (χ1v) is 4.12. The third-order valence-electron chi connectivity index (χ3n) is 1.40. The van der Waals surface area contributed by atoms with Gasteiger partial charge in [-0.25, -0.2) is 4.79 Å². The molecule has 0 aliphatic carbocycles. The van der Waals surface area contributed by atoms with E-state index in [9.17, 15) is 4.79 Å². The van der Waals surface area contributed by atoms with Crippen LogP contribution in [-0.2, 0) is 0 Å². The molecule has 1 rings (SSSR count). The van der Waals surface area contributed by atoms with Gasteiger partial charge in [-0.3, -0.25) is 4.98 Å². The first kappa shape index (κ1) is 10.5. The van der Waals surface area contributed by atoms with Gasteiger partial charge < -0.3 is 9.84 Å². The number of carboxylic acids is 1. The molecule has 0 atom stereocenters. The quantitative estimate of drug-likeness (QED) is 0.830. The minimum Gasteiger partial charge on any atom is -0.485 e. The summed E-state index contributed by atoms with van der Waals surface area (Å²) >= 11 is 5.47. The molecule has 0 amide bonds. The Morgan fingerprint density at radius 3 is 3.00 bits per heavy atom. The molecule has 0 saturated carbocycles. The Kier molecular flexibility index (Phi) is 3.48. The molecule has 0 fully saturated rings. The average molecular weight is 214 g/mol. The number of aromatic nitrogens is 1. The van der Waals surface area contributed by atoms with Crippen molar-refractivity contribution in [1.29, 1.82) is 0 Å². The predicted octanol–water partition coefficient (Wildman–Crippen LogP) is 1.91. The van der Waals surface area contributed by atoms with Gasteiger partial charge in [-0.05, 0) is 6.07 Å². The number of rotatable bonds is 4. The molecule has 14 heavy (non-hydrogen) atoms. The zero-order valence-electron chi connectivity index (χ0n) is 7.24. The second-order valence-corrected chi connectivity index (χ2v) is 3.02. The monoisotopic (exact) mass is 213 g/mol. The highest BCUT2D eigenvalue weighted by molar-refractivity contribution is 6.29. The molecule has 1 aromatic heterocycles. The fraction of sp³-hybridized carbons (Fsp3) is 0.111. The highest BCUT2D eigenvalue weighted by Crippen LogP contribution is 2.17. The summed E-state index contributed by atoms with van der Waals surface area (Å²) in [6, 6.07) is 1.36. The Labute approximate surface area is 85.8 Å². The van der Waals surface area contributed by atoms with Gasteiger partial charge in [0.15, 0.2) is 5.75 Å². The minimum atomic E-state index is -1.07. The molecule has 0 aliphatic rings. The number of hydrogen-bond acceptors (Lipinski definition) is 3. The summed E-state index contributed by atoms with van der Waals surface area (Å²) < 4.78 is 5.09. The third-order valence-corrected chi connectivity index (χ3v) is 1.51. The Bertz CT molecular complexity index is 365. The number of nitrogens with zero attached hydrogens (tertiary/aromatic N) is 1. The second-order valence-electron chi connectivity index (χ2n) is 2.48. The van der Waals surface area contributed by atoms with Gasteiger partial charge in [-0.15, -0.1) is 0 Å². The van der Waals surface area contributed by atoms with Crippen molar-refractivity contribution in [3.63, 3.8) is 0 Å². The summed E-state index contributed by atoms with van der Waals surface area (Å²) in [6.07, 6.45) is 2.70. The Balaban J connectivity index is 2.84. The predicted molar refractivity (Wildman–Crippen MR) is 51.7 cm³/mol. The van der Waals surface area contributed by atoms with Crippen LogP contribution in [0.15, 0.2) is 30.1 Å². The molecule has 0 radical (unpaired) electrons. The molecule has 1 heterocycles. The van der Waals surface area contributed by atoms with Crippen LogP contribution in [-0.4, -0.2) is 22.7 Å². The maximum absolute atomic E-state index is 10.7. The number of pyridine rings is 1. The van der Waals surface area contributed by atoms with Gasteiger partial charge >= 0.3 is 5.97 Å². The van der Waals surface area contributed by atoms with Gasteiger partial charge in [0, 0.05) is 11.2 Å². The van der Waals surface area contributed by atoms with Crippen molar-refractivity contribution in [3.05, 3.63) is 35.6 Å². The molecule has 0 unspecified atom stereocenters. The lowest BCUT2D eigenvalue weighted by Gasteiger charge is -2.06. The first-order valence-electron chi connectivity index (χ1n) is 3.74. The third kappa shape index (κ3) is 2.74. The molecule has 4 nitrogen and oxygen atoms in total. The lowest BCUT2D eigenvalue weighted by molar-refractivity contribution is 0.0692. The highest BCUT2D eigenvalue weighted by atomic mass is 35.5. The van der Waals surface area contributed by atoms with E-state index in [1.807, 2.05) is 0 Å². The van der Waals surface area contributed by atoms with Crippen LogP contribution < -0.4 is 4.74 Å². The Morgan fingerprint density at radius 1 is 1.71 bits per heavy atom. The number of hydrogen-bond donors (Lipinski definition) is 1.